The highest BCUT2D eigenvalue weighted by molar-refractivity contribution is 6.44. The van der Waals surface area contributed by atoms with Crippen molar-refractivity contribution in [3.8, 4) is 0 Å². The highest BCUT2D eigenvalue weighted by atomic mass is 35.5. The Balaban J connectivity index is 1.38. The molecule has 3 unspecified atom stereocenters. The number of fused-ring (bicyclic) bond motifs is 1. The fourth-order valence-electron chi connectivity index (χ4n) is 5.37. The third-order valence-corrected chi connectivity index (χ3v) is 7.85. The molecule has 3 atom stereocenters. The lowest BCUT2D eigenvalue weighted by molar-refractivity contribution is 0.536. The van der Waals surface area contributed by atoms with Crippen molar-refractivity contribution in [3.63, 3.8) is 0 Å². The van der Waals surface area contributed by atoms with Crippen LogP contribution in [-0.4, -0.2) is 45.1 Å². The standard InChI is InChI=1S/C22H24Cl2N8/c1-31-16(5-7-29-31)22(11-25)13-6-8-32(10-14(13)22)17-9-28-20(21(27)30-17)19(26)12-3-2-4-15(23)18(12)24/h2-5,7,9,13-14,26H,6,8,10-11,25H2,1H3,(H2,27,30). The number of benzene rings is 1. The first kappa shape index (κ1) is 21.2. The molecule has 166 valence electrons. The average molecular weight is 471 g/mol. The average Bonchev–Trinajstić information content (AvgIpc) is 3.24. The molecule has 3 heterocycles. The van der Waals surface area contributed by atoms with Crippen LogP contribution in [0.1, 0.15) is 23.4 Å². The van der Waals surface area contributed by atoms with Crippen LogP contribution in [0.5, 0.6) is 0 Å². The fraction of sp³-hybridized carbons (Fsp3) is 0.364. The molecule has 1 aromatic carbocycles. The molecule has 3 aromatic rings. The van der Waals surface area contributed by atoms with E-state index in [1.807, 2.05) is 17.9 Å². The predicted molar refractivity (Wildman–Crippen MR) is 127 cm³/mol. The number of nitrogens with one attached hydrogen (secondary N) is 1. The van der Waals surface area contributed by atoms with Crippen LogP contribution in [-0.2, 0) is 12.5 Å². The first-order valence-corrected chi connectivity index (χ1v) is 11.2. The summed E-state index contributed by atoms with van der Waals surface area (Å²) in [6, 6.07) is 7.21. The summed E-state index contributed by atoms with van der Waals surface area (Å²) in [5, 5.41) is 13.5. The Morgan fingerprint density at radius 3 is 2.78 bits per heavy atom. The van der Waals surface area contributed by atoms with Crippen molar-refractivity contribution in [1.29, 1.82) is 5.41 Å². The second-order valence-electron chi connectivity index (χ2n) is 8.47. The number of nitrogens with two attached hydrogens (primary N) is 2. The molecule has 1 aliphatic carbocycles. The molecule has 5 rings (SSSR count). The van der Waals surface area contributed by atoms with Crippen LogP contribution in [0.4, 0.5) is 11.6 Å². The Bertz CT molecular complexity index is 1210. The van der Waals surface area contributed by atoms with Gasteiger partial charge in [-0.1, -0.05) is 35.3 Å². The van der Waals surface area contributed by atoms with Crippen LogP contribution in [0.15, 0.2) is 36.7 Å². The lowest BCUT2D eigenvalue weighted by Crippen LogP contribution is -2.33. The van der Waals surface area contributed by atoms with E-state index in [1.54, 1.807) is 24.4 Å². The van der Waals surface area contributed by atoms with Gasteiger partial charge in [0, 0.05) is 49.6 Å². The predicted octanol–water partition coefficient (Wildman–Crippen LogP) is 2.87. The first-order chi connectivity index (χ1) is 15.4. The van der Waals surface area contributed by atoms with E-state index in [-0.39, 0.29) is 22.6 Å². The SMILES string of the molecule is Cn1nccc1C1(CN)C2CCN(c3cnc(C(=N)c4cccc(Cl)c4Cl)c(N)n3)CC21. The summed E-state index contributed by atoms with van der Waals surface area (Å²) in [5.41, 5.74) is 14.5. The van der Waals surface area contributed by atoms with Gasteiger partial charge in [0.1, 0.15) is 11.5 Å². The molecular formula is C22H24Cl2N8. The van der Waals surface area contributed by atoms with Crippen molar-refractivity contribution < 1.29 is 0 Å². The van der Waals surface area contributed by atoms with Crippen LogP contribution in [0.2, 0.25) is 10.0 Å². The van der Waals surface area contributed by atoms with E-state index in [0.717, 1.165) is 19.5 Å². The van der Waals surface area contributed by atoms with E-state index in [1.165, 1.54) is 5.69 Å². The zero-order valence-electron chi connectivity index (χ0n) is 17.6. The molecule has 0 radical (unpaired) electrons. The summed E-state index contributed by atoms with van der Waals surface area (Å²) in [5.74, 6) is 1.88. The van der Waals surface area contributed by atoms with Crippen LogP contribution >= 0.6 is 23.2 Å². The molecule has 0 spiro atoms. The van der Waals surface area contributed by atoms with Crippen LogP contribution in [0.3, 0.4) is 0 Å². The Morgan fingerprint density at radius 1 is 1.28 bits per heavy atom. The molecule has 8 nitrogen and oxygen atoms in total. The third-order valence-electron chi connectivity index (χ3n) is 7.03. The van der Waals surface area contributed by atoms with E-state index in [2.05, 4.69) is 26.0 Å². The largest absolute Gasteiger partial charge is 0.382 e. The fourth-order valence-corrected chi connectivity index (χ4v) is 5.76. The molecule has 1 saturated heterocycles. The van der Waals surface area contributed by atoms with Gasteiger partial charge in [-0.05, 0) is 30.4 Å². The summed E-state index contributed by atoms with van der Waals surface area (Å²) >= 11 is 12.4. The highest BCUT2D eigenvalue weighted by Gasteiger charge is 2.66. The number of aromatic nitrogens is 4. The van der Waals surface area contributed by atoms with Gasteiger partial charge in [0.25, 0.3) is 0 Å². The van der Waals surface area contributed by atoms with Crippen molar-refractivity contribution in [3.05, 3.63) is 63.7 Å². The van der Waals surface area contributed by atoms with Gasteiger partial charge in [-0.2, -0.15) is 5.10 Å². The van der Waals surface area contributed by atoms with Gasteiger partial charge in [0.2, 0.25) is 0 Å². The van der Waals surface area contributed by atoms with Crippen molar-refractivity contribution in [1.82, 2.24) is 19.7 Å². The van der Waals surface area contributed by atoms with Gasteiger partial charge in [-0.3, -0.25) is 10.1 Å². The van der Waals surface area contributed by atoms with E-state index in [9.17, 15) is 0 Å². The number of nitrogens with zero attached hydrogens (tertiary/aromatic N) is 5. The van der Waals surface area contributed by atoms with Crippen LogP contribution < -0.4 is 16.4 Å². The number of nitrogen functional groups attached to an aromatic ring is 1. The smallest absolute Gasteiger partial charge is 0.154 e. The third kappa shape index (κ3) is 3.09. The lowest BCUT2D eigenvalue weighted by atomic mass is 9.97. The quantitative estimate of drug-likeness (QED) is 0.492. The van der Waals surface area contributed by atoms with Crippen molar-refractivity contribution in [2.75, 3.05) is 30.3 Å². The van der Waals surface area contributed by atoms with Crippen molar-refractivity contribution in [2.45, 2.75) is 11.8 Å². The maximum atomic E-state index is 8.52. The first-order valence-electron chi connectivity index (χ1n) is 10.5. The molecule has 1 saturated carbocycles. The molecule has 0 bridgehead atoms. The molecule has 1 aliphatic heterocycles. The second kappa shape index (κ2) is 7.72. The molecule has 2 aliphatic rings. The maximum Gasteiger partial charge on any atom is 0.154 e. The summed E-state index contributed by atoms with van der Waals surface area (Å²) in [6.45, 7) is 2.28. The van der Waals surface area contributed by atoms with E-state index >= 15 is 0 Å². The summed E-state index contributed by atoms with van der Waals surface area (Å²) < 4.78 is 1.94. The molecular weight excluding hydrogens is 447 g/mol. The Labute approximate surface area is 196 Å². The minimum atomic E-state index is -0.0373. The number of anilines is 2. The number of hydrogen-bond acceptors (Lipinski definition) is 7. The van der Waals surface area contributed by atoms with Gasteiger partial charge in [-0.15, -0.1) is 0 Å². The number of rotatable bonds is 5. The normalized spacial score (nSPS) is 24.3. The monoisotopic (exact) mass is 470 g/mol. The van der Waals surface area contributed by atoms with Crippen molar-refractivity contribution in [2.24, 2.45) is 24.6 Å². The van der Waals surface area contributed by atoms with Crippen LogP contribution in [0, 0.1) is 17.2 Å². The topological polar surface area (TPSA) is 123 Å². The Morgan fingerprint density at radius 2 is 2.09 bits per heavy atom. The number of hydrogen-bond donors (Lipinski definition) is 3. The van der Waals surface area contributed by atoms with Crippen LogP contribution in [0.25, 0.3) is 0 Å². The summed E-state index contributed by atoms with van der Waals surface area (Å²) in [4.78, 5) is 11.2. The van der Waals surface area contributed by atoms with E-state index in [0.29, 0.717) is 39.8 Å². The van der Waals surface area contributed by atoms with Crippen molar-refractivity contribution >= 4 is 40.5 Å². The minimum absolute atomic E-state index is 0.0373. The minimum Gasteiger partial charge on any atom is -0.382 e. The zero-order chi connectivity index (χ0) is 22.6. The molecule has 10 heteroatoms. The number of halogens is 2. The van der Waals surface area contributed by atoms with Gasteiger partial charge in [0.05, 0.1) is 22.0 Å². The van der Waals surface area contributed by atoms with E-state index in [4.69, 9.17) is 40.1 Å². The second-order valence-corrected chi connectivity index (χ2v) is 9.26. The number of aryl methyl sites for hydroxylation is 1. The van der Waals surface area contributed by atoms with Gasteiger partial charge in [0.15, 0.2) is 5.82 Å². The molecule has 2 fully saturated rings. The lowest BCUT2D eigenvalue weighted by Gasteiger charge is -2.27. The zero-order valence-corrected chi connectivity index (χ0v) is 19.1. The van der Waals surface area contributed by atoms with Gasteiger partial charge >= 0.3 is 0 Å². The highest BCUT2D eigenvalue weighted by Crippen LogP contribution is 2.62. The molecule has 5 N–H and O–H groups in total. The maximum absolute atomic E-state index is 8.52. The molecule has 32 heavy (non-hydrogen) atoms. The number of piperidine rings is 1. The molecule has 2 aromatic heterocycles. The summed E-state index contributed by atoms with van der Waals surface area (Å²) in [6.07, 6.45) is 4.53. The van der Waals surface area contributed by atoms with E-state index < -0.39 is 0 Å². The Hall–Kier alpha value is -2.68. The Kier molecular flexibility index (Phi) is 5.11. The summed E-state index contributed by atoms with van der Waals surface area (Å²) in [7, 11) is 1.97. The van der Waals surface area contributed by atoms with Gasteiger partial charge in [-0.25, -0.2) is 9.97 Å². The van der Waals surface area contributed by atoms with Gasteiger partial charge < -0.3 is 16.4 Å². The molecule has 0 amide bonds.